The van der Waals surface area contributed by atoms with E-state index in [0.29, 0.717) is 10.5 Å². The highest BCUT2D eigenvalue weighted by atomic mass is 35.5. The Morgan fingerprint density at radius 2 is 1.87 bits per heavy atom. The van der Waals surface area contributed by atoms with Crippen molar-refractivity contribution in [2.75, 3.05) is 0 Å². The Morgan fingerprint density at radius 1 is 1.26 bits per heavy atom. The minimum atomic E-state index is -1.20. The first-order chi connectivity index (χ1) is 10.5. The van der Waals surface area contributed by atoms with Crippen LogP contribution in [0.25, 0.3) is 10.8 Å². The minimum Gasteiger partial charge on any atom is -0.598 e. The van der Waals surface area contributed by atoms with Gasteiger partial charge in [-0.15, -0.1) is 4.72 Å². The van der Waals surface area contributed by atoms with E-state index in [1.165, 1.54) is 4.57 Å². The third kappa shape index (κ3) is 3.74. The van der Waals surface area contributed by atoms with E-state index < -0.39 is 11.4 Å². The Balaban J connectivity index is 2.59. The van der Waals surface area contributed by atoms with E-state index in [1.54, 1.807) is 13.1 Å². The van der Waals surface area contributed by atoms with E-state index in [2.05, 4.69) is 4.72 Å². The summed E-state index contributed by atoms with van der Waals surface area (Å²) in [5.41, 5.74) is 1.79. The molecule has 0 spiro atoms. The molecule has 2 aromatic rings. The van der Waals surface area contributed by atoms with Crippen molar-refractivity contribution in [1.29, 1.82) is 0 Å². The molecule has 0 saturated heterocycles. The fourth-order valence-electron chi connectivity index (χ4n) is 2.42. The van der Waals surface area contributed by atoms with Gasteiger partial charge >= 0.3 is 0 Å². The topological polar surface area (TPSA) is 57.1 Å². The van der Waals surface area contributed by atoms with Gasteiger partial charge in [-0.3, -0.25) is 4.79 Å². The average molecular weight is 355 g/mol. The van der Waals surface area contributed by atoms with E-state index in [0.717, 1.165) is 16.5 Å². The van der Waals surface area contributed by atoms with Crippen LogP contribution in [-0.2, 0) is 18.4 Å². The lowest BCUT2D eigenvalue weighted by molar-refractivity contribution is 0.532. The van der Waals surface area contributed by atoms with Crippen LogP contribution in [0.4, 0.5) is 0 Å². The van der Waals surface area contributed by atoms with Gasteiger partial charge in [-0.05, 0) is 63.3 Å². The number of rotatable bonds is 3. The molecule has 23 heavy (non-hydrogen) atoms. The van der Waals surface area contributed by atoms with Crippen LogP contribution in [-0.4, -0.2) is 13.9 Å². The molecule has 1 heterocycles. The highest BCUT2D eigenvalue weighted by Crippen LogP contribution is 2.28. The number of hydrogen-bond acceptors (Lipinski definition) is 3. The molecule has 1 unspecified atom stereocenters. The Labute approximate surface area is 145 Å². The maximum atomic E-state index is 12.5. The summed E-state index contributed by atoms with van der Waals surface area (Å²) in [6.07, 6.45) is 0. The number of aryl methyl sites for hydroxylation is 1. The summed E-state index contributed by atoms with van der Waals surface area (Å²) >= 11 is 4.97. The van der Waals surface area contributed by atoms with Crippen LogP contribution in [0.15, 0.2) is 23.0 Å². The summed E-state index contributed by atoms with van der Waals surface area (Å²) in [6, 6.07) is 5.51. The first-order valence-corrected chi connectivity index (χ1v) is 9.03. The minimum absolute atomic E-state index is 0.124. The van der Waals surface area contributed by atoms with Crippen molar-refractivity contribution in [3.63, 3.8) is 0 Å². The largest absolute Gasteiger partial charge is 0.598 e. The summed E-state index contributed by atoms with van der Waals surface area (Å²) in [5, 5.41) is 1.81. The second-order valence-electron chi connectivity index (χ2n) is 6.87. The van der Waals surface area contributed by atoms with Gasteiger partial charge in [0.1, 0.15) is 9.90 Å². The zero-order valence-corrected chi connectivity index (χ0v) is 15.9. The van der Waals surface area contributed by atoms with Crippen LogP contribution in [0.1, 0.15) is 44.9 Å². The van der Waals surface area contributed by atoms with Crippen LogP contribution in [0.3, 0.4) is 0 Å². The fraction of sp³-hybridized carbons (Fsp3) is 0.471. The van der Waals surface area contributed by atoms with Crippen molar-refractivity contribution < 1.29 is 4.55 Å². The molecule has 0 saturated carbocycles. The van der Waals surface area contributed by atoms with Crippen molar-refractivity contribution in [2.45, 2.75) is 45.4 Å². The lowest BCUT2D eigenvalue weighted by atomic mass is 9.98. The summed E-state index contributed by atoms with van der Waals surface area (Å²) in [4.78, 5) is 12.5. The lowest BCUT2D eigenvalue weighted by Gasteiger charge is -2.27. The van der Waals surface area contributed by atoms with E-state index in [1.807, 2.05) is 46.8 Å². The second-order valence-corrected chi connectivity index (χ2v) is 9.25. The van der Waals surface area contributed by atoms with Gasteiger partial charge in [-0.2, -0.15) is 0 Å². The van der Waals surface area contributed by atoms with Crippen LogP contribution in [0, 0.1) is 6.92 Å². The highest BCUT2D eigenvalue weighted by Gasteiger charge is 2.29. The first kappa shape index (κ1) is 18.3. The summed E-state index contributed by atoms with van der Waals surface area (Å²) in [5.74, 6) is 0. The first-order valence-electron chi connectivity index (χ1n) is 7.50. The normalized spacial score (nSPS) is 15.0. The van der Waals surface area contributed by atoms with Gasteiger partial charge < -0.3 is 9.12 Å². The molecule has 0 bridgehead atoms. The van der Waals surface area contributed by atoms with Crippen molar-refractivity contribution in [3.05, 3.63) is 44.8 Å². The third-order valence-electron chi connectivity index (χ3n) is 3.78. The Morgan fingerprint density at radius 3 is 2.43 bits per heavy atom. The zero-order chi connectivity index (χ0) is 17.5. The summed E-state index contributed by atoms with van der Waals surface area (Å²) in [7, 11) is 1.66. The smallest absolute Gasteiger partial charge is 0.259 e. The average Bonchev–Trinajstić information content (AvgIpc) is 2.44. The number of halogens is 1. The van der Waals surface area contributed by atoms with Crippen LogP contribution < -0.4 is 10.3 Å². The number of pyridine rings is 1. The number of aromatic nitrogens is 1. The van der Waals surface area contributed by atoms with Gasteiger partial charge in [0.2, 0.25) is 0 Å². The van der Waals surface area contributed by atoms with Crippen molar-refractivity contribution >= 4 is 33.7 Å². The predicted octanol–water partition coefficient (Wildman–Crippen LogP) is 3.61. The predicted molar refractivity (Wildman–Crippen MR) is 98.4 cm³/mol. The monoisotopic (exact) mass is 354 g/mol. The quantitative estimate of drug-likeness (QED) is 0.676. The molecule has 0 radical (unpaired) electrons. The van der Waals surface area contributed by atoms with Gasteiger partial charge in [0.05, 0.1) is 6.04 Å². The Bertz CT molecular complexity index is 796. The second kappa shape index (κ2) is 6.48. The van der Waals surface area contributed by atoms with Crippen molar-refractivity contribution in [3.8, 4) is 0 Å². The maximum absolute atomic E-state index is 12.5. The van der Waals surface area contributed by atoms with Gasteiger partial charge in [0.15, 0.2) is 0 Å². The van der Waals surface area contributed by atoms with E-state index in [4.69, 9.17) is 11.6 Å². The molecule has 1 aromatic heterocycles. The van der Waals surface area contributed by atoms with Gasteiger partial charge in [0, 0.05) is 23.8 Å². The molecule has 2 rings (SSSR count). The van der Waals surface area contributed by atoms with E-state index >= 15 is 0 Å². The molecule has 2 atom stereocenters. The van der Waals surface area contributed by atoms with Crippen LogP contribution in [0.5, 0.6) is 0 Å². The molecular weight excluding hydrogens is 332 g/mol. The lowest BCUT2D eigenvalue weighted by Crippen LogP contribution is -2.40. The number of nitrogens with zero attached hydrogens (tertiary/aromatic N) is 1. The van der Waals surface area contributed by atoms with Gasteiger partial charge in [-0.25, -0.2) is 0 Å². The molecule has 4 nitrogen and oxygen atoms in total. The Kier molecular flexibility index (Phi) is 5.16. The standard InChI is InChI=1S/C17H23ClN2O2S/c1-10-7-12(11(2)19-23(22)17(3,4)5)13-9-15(18)20(6)16(21)14(13)8-10/h7-9,11,19H,1-6H3/t11-,23?/m1/s1. The molecule has 6 heteroatoms. The molecule has 0 amide bonds. The van der Waals surface area contributed by atoms with Gasteiger partial charge in [-0.1, -0.05) is 17.7 Å². The molecule has 0 aliphatic carbocycles. The summed E-state index contributed by atoms with van der Waals surface area (Å²) in [6.45, 7) is 9.66. The number of hydrogen-bond donors (Lipinski definition) is 1. The van der Waals surface area contributed by atoms with E-state index in [-0.39, 0.29) is 16.3 Å². The van der Waals surface area contributed by atoms with Crippen LogP contribution >= 0.6 is 11.6 Å². The fourth-order valence-corrected chi connectivity index (χ4v) is 3.40. The molecular formula is C17H23ClN2O2S. The highest BCUT2D eigenvalue weighted by molar-refractivity contribution is 7.90. The maximum Gasteiger partial charge on any atom is 0.259 e. The number of nitrogens with one attached hydrogen (secondary N) is 1. The molecule has 0 fully saturated rings. The summed E-state index contributed by atoms with van der Waals surface area (Å²) < 4.78 is 16.6. The van der Waals surface area contributed by atoms with Crippen molar-refractivity contribution in [1.82, 2.24) is 9.29 Å². The molecule has 0 aliphatic rings. The van der Waals surface area contributed by atoms with E-state index in [9.17, 15) is 9.35 Å². The van der Waals surface area contributed by atoms with Crippen molar-refractivity contribution in [2.24, 2.45) is 7.05 Å². The third-order valence-corrected chi connectivity index (χ3v) is 5.82. The molecule has 0 aliphatic heterocycles. The SMILES string of the molecule is Cc1cc([C@@H](C)N[S+]([O-])C(C)(C)C)c2cc(Cl)n(C)c(=O)c2c1. The zero-order valence-electron chi connectivity index (χ0n) is 14.4. The number of fused-ring (bicyclic) bond motifs is 1. The molecule has 126 valence electrons. The Hall–Kier alpha value is -1.01. The number of benzene rings is 1. The van der Waals surface area contributed by atoms with Gasteiger partial charge in [0.25, 0.3) is 5.56 Å². The molecule has 1 aromatic carbocycles. The molecule has 1 N–H and O–H groups in total. The van der Waals surface area contributed by atoms with Crippen LogP contribution in [0.2, 0.25) is 5.15 Å².